The maximum absolute atomic E-state index is 14.6. The number of morpholine rings is 1. The van der Waals surface area contributed by atoms with Crippen LogP contribution in [-0.4, -0.2) is 91.7 Å². The largest absolute Gasteiger partial charge is 0.507 e. The minimum absolute atomic E-state index is 0.143. The molecule has 2 aromatic rings. The smallest absolute Gasteiger partial charge is 0.296 e. The molecule has 2 amide bonds. The van der Waals surface area contributed by atoms with Crippen molar-refractivity contribution in [3.8, 4) is 11.5 Å². The molecule has 10 nitrogen and oxygen atoms in total. The summed E-state index contributed by atoms with van der Waals surface area (Å²) < 4.78 is 16.8. The van der Waals surface area contributed by atoms with Gasteiger partial charge in [-0.1, -0.05) is 31.5 Å². The summed E-state index contributed by atoms with van der Waals surface area (Å²) in [6, 6.07) is 12.1. The number of ether oxygens (including phenoxy) is 3. The minimum atomic E-state index is -1.78. The van der Waals surface area contributed by atoms with Crippen LogP contribution in [0.3, 0.4) is 0 Å². The van der Waals surface area contributed by atoms with Crippen LogP contribution < -0.4 is 14.4 Å². The zero-order chi connectivity index (χ0) is 27.9. The number of benzene rings is 2. The molecule has 2 fully saturated rings. The summed E-state index contributed by atoms with van der Waals surface area (Å²) in [7, 11) is 0. The first-order chi connectivity index (χ1) is 19.5. The van der Waals surface area contributed by atoms with Crippen LogP contribution in [0.15, 0.2) is 48.0 Å². The number of carbonyl (C=O) groups excluding carboxylic acids is 3. The van der Waals surface area contributed by atoms with E-state index in [1.165, 1.54) is 4.90 Å². The highest BCUT2D eigenvalue weighted by Gasteiger charge is 2.67. The molecular formula is C30H33N3O7. The number of carbonyl (C=O) groups is 3. The molecule has 0 radical (unpaired) electrons. The third-order valence-electron chi connectivity index (χ3n) is 8.10. The lowest BCUT2D eigenvalue weighted by atomic mass is 9.82. The standard InChI is InChI=1S/C30H33N3O7/c1-2-3-10-32-22-7-5-4-6-21(22)30(29(32)37)25(26(34)20-8-9-23-24(19-20)40-18-17-39-23)27(35)28(36)33(30)12-11-31-13-15-38-16-14-31/h4-9,19,34H,2-3,10-18H2,1H3/b26-25-. The quantitative estimate of drug-likeness (QED) is 0.320. The Morgan fingerprint density at radius 1 is 0.925 bits per heavy atom. The second-order valence-corrected chi connectivity index (χ2v) is 10.4. The fourth-order valence-corrected chi connectivity index (χ4v) is 6.11. The predicted octanol–water partition coefficient (Wildman–Crippen LogP) is 2.51. The predicted molar refractivity (Wildman–Crippen MR) is 146 cm³/mol. The number of unbranched alkanes of at least 4 members (excludes halogenated alkanes) is 1. The zero-order valence-electron chi connectivity index (χ0n) is 22.6. The molecule has 0 aliphatic carbocycles. The van der Waals surface area contributed by atoms with Gasteiger partial charge in [-0.15, -0.1) is 0 Å². The van der Waals surface area contributed by atoms with Gasteiger partial charge in [0.15, 0.2) is 17.0 Å². The molecule has 1 N–H and O–H groups in total. The molecule has 2 saturated heterocycles. The van der Waals surface area contributed by atoms with Gasteiger partial charge in [0.05, 0.1) is 24.5 Å². The number of nitrogens with zero attached hydrogens (tertiary/aromatic N) is 3. The molecule has 210 valence electrons. The fourth-order valence-electron chi connectivity index (χ4n) is 6.11. The van der Waals surface area contributed by atoms with Crippen molar-refractivity contribution in [1.82, 2.24) is 9.80 Å². The molecule has 4 heterocycles. The van der Waals surface area contributed by atoms with Crippen LogP contribution in [0.2, 0.25) is 0 Å². The third-order valence-corrected chi connectivity index (χ3v) is 8.10. The highest BCUT2D eigenvalue weighted by Crippen LogP contribution is 2.53. The lowest BCUT2D eigenvalue weighted by Gasteiger charge is -2.36. The van der Waals surface area contributed by atoms with Crippen LogP contribution in [0.5, 0.6) is 11.5 Å². The monoisotopic (exact) mass is 547 g/mol. The Labute approximate surface area is 232 Å². The summed E-state index contributed by atoms with van der Waals surface area (Å²) in [5, 5.41) is 11.8. The van der Waals surface area contributed by atoms with Crippen molar-refractivity contribution >= 4 is 29.0 Å². The average molecular weight is 548 g/mol. The lowest BCUT2D eigenvalue weighted by molar-refractivity contribution is -0.144. The Bertz CT molecular complexity index is 1380. The van der Waals surface area contributed by atoms with E-state index < -0.39 is 28.9 Å². The molecule has 10 heteroatoms. The second kappa shape index (κ2) is 10.6. The summed E-state index contributed by atoms with van der Waals surface area (Å²) in [6.07, 6.45) is 1.61. The van der Waals surface area contributed by atoms with Gasteiger partial charge in [-0.05, 0) is 30.7 Å². The molecule has 2 aromatic carbocycles. The summed E-state index contributed by atoms with van der Waals surface area (Å²) in [5.41, 5.74) is -0.550. The molecule has 0 saturated carbocycles. The van der Waals surface area contributed by atoms with Crippen LogP contribution in [0.1, 0.15) is 30.9 Å². The van der Waals surface area contributed by atoms with Gasteiger partial charge in [0, 0.05) is 43.9 Å². The first-order valence-corrected chi connectivity index (χ1v) is 13.9. The summed E-state index contributed by atoms with van der Waals surface area (Å²) >= 11 is 0. The van der Waals surface area contributed by atoms with E-state index in [2.05, 4.69) is 4.90 Å². The van der Waals surface area contributed by atoms with E-state index in [1.54, 1.807) is 35.2 Å². The van der Waals surface area contributed by atoms with Crippen LogP contribution in [-0.2, 0) is 24.7 Å². The topological polar surface area (TPSA) is 109 Å². The van der Waals surface area contributed by atoms with E-state index in [0.717, 1.165) is 12.8 Å². The second-order valence-electron chi connectivity index (χ2n) is 10.4. The summed E-state index contributed by atoms with van der Waals surface area (Å²) in [5.74, 6) is -1.54. The van der Waals surface area contributed by atoms with Crippen molar-refractivity contribution in [3.05, 3.63) is 59.2 Å². The first-order valence-electron chi connectivity index (χ1n) is 13.9. The van der Waals surface area contributed by atoms with Crippen LogP contribution in [0.4, 0.5) is 5.69 Å². The third kappa shape index (κ3) is 4.05. The van der Waals surface area contributed by atoms with E-state index in [0.29, 0.717) is 75.4 Å². The molecule has 1 atom stereocenters. The van der Waals surface area contributed by atoms with E-state index in [9.17, 15) is 19.5 Å². The van der Waals surface area contributed by atoms with Crippen LogP contribution in [0.25, 0.3) is 5.76 Å². The Hall–Kier alpha value is -3.89. The Morgan fingerprint density at radius 2 is 1.68 bits per heavy atom. The highest BCUT2D eigenvalue weighted by atomic mass is 16.6. The Balaban J connectivity index is 1.52. The van der Waals surface area contributed by atoms with Gasteiger partial charge < -0.3 is 29.1 Å². The van der Waals surface area contributed by atoms with Crippen molar-refractivity contribution in [3.63, 3.8) is 0 Å². The maximum atomic E-state index is 14.6. The Morgan fingerprint density at radius 3 is 2.45 bits per heavy atom. The highest BCUT2D eigenvalue weighted by molar-refractivity contribution is 6.50. The molecular weight excluding hydrogens is 514 g/mol. The zero-order valence-corrected chi connectivity index (χ0v) is 22.6. The van der Waals surface area contributed by atoms with Crippen molar-refractivity contribution in [2.45, 2.75) is 25.3 Å². The van der Waals surface area contributed by atoms with Crippen molar-refractivity contribution < 1.29 is 33.7 Å². The van der Waals surface area contributed by atoms with E-state index in [-0.39, 0.29) is 17.7 Å². The van der Waals surface area contributed by atoms with Crippen molar-refractivity contribution in [1.29, 1.82) is 0 Å². The molecule has 1 spiro atoms. The number of likely N-dealkylation sites (tertiary alicyclic amines) is 1. The number of fused-ring (bicyclic) bond motifs is 3. The Kier molecular flexibility index (Phi) is 6.97. The van der Waals surface area contributed by atoms with Crippen LogP contribution in [0, 0.1) is 0 Å². The number of anilines is 1. The van der Waals surface area contributed by atoms with Gasteiger partial charge in [-0.2, -0.15) is 0 Å². The first kappa shape index (κ1) is 26.3. The molecule has 0 aromatic heterocycles. The molecule has 0 bridgehead atoms. The number of aliphatic hydroxyl groups is 1. The van der Waals surface area contributed by atoms with Gasteiger partial charge in [-0.3, -0.25) is 19.3 Å². The summed E-state index contributed by atoms with van der Waals surface area (Å²) in [6.45, 7) is 6.40. The number of Topliss-reactive ketones (excluding diaryl/α,β-unsaturated/α-hetero) is 1. The number of rotatable bonds is 7. The molecule has 4 aliphatic rings. The number of hydrogen-bond acceptors (Lipinski definition) is 8. The number of hydrogen-bond donors (Lipinski definition) is 1. The van der Waals surface area contributed by atoms with Gasteiger partial charge in [0.1, 0.15) is 19.0 Å². The molecule has 1 unspecified atom stereocenters. The lowest BCUT2D eigenvalue weighted by Crippen LogP contribution is -2.54. The number of ketones is 1. The number of amides is 2. The number of para-hydroxylation sites is 1. The average Bonchev–Trinajstić information content (AvgIpc) is 3.37. The van der Waals surface area contributed by atoms with Crippen molar-refractivity contribution in [2.24, 2.45) is 0 Å². The minimum Gasteiger partial charge on any atom is -0.507 e. The van der Waals surface area contributed by atoms with Crippen LogP contribution >= 0.6 is 0 Å². The van der Waals surface area contributed by atoms with Gasteiger partial charge in [0.25, 0.3) is 17.6 Å². The van der Waals surface area contributed by atoms with Gasteiger partial charge in [-0.25, -0.2) is 0 Å². The maximum Gasteiger partial charge on any atom is 0.296 e. The SMILES string of the molecule is CCCCN1C(=O)C2(/C(=C(\O)c3ccc4c(c3)OCCO4)C(=O)C(=O)N2CCN2CCOCC2)c2ccccc21. The van der Waals surface area contributed by atoms with E-state index in [1.807, 2.05) is 19.1 Å². The summed E-state index contributed by atoms with van der Waals surface area (Å²) in [4.78, 5) is 47.4. The molecule has 4 aliphatic heterocycles. The van der Waals surface area contributed by atoms with Gasteiger partial charge >= 0.3 is 0 Å². The normalized spacial score (nSPS) is 23.8. The fraction of sp³-hybridized carbons (Fsp3) is 0.433. The van der Waals surface area contributed by atoms with Crippen molar-refractivity contribution in [2.75, 3.05) is 64.1 Å². The molecule has 40 heavy (non-hydrogen) atoms. The van der Waals surface area contributed by atoms with E-state index >= 15 is 0 Å². The van der Waals surface area contributed by atoms with Gasteiger partial charge in [0.2, 0.25) is 0 Å². The van der Waals surface area contributed by atoms with E-state index in [4.69, 9.17) is 14.2 Å². The number of aliphatic hydroxyl groups excluding tert-OH is 1. The molecule has 6 rings (SSSR count).